The molecule has 2 aromatic carbocycles. The van der Waals surface area contributed by atoms with Gasteiger partial charge in [0.1, 0.15) is 0 Å². The maximum absolute atomic E-state index is 12.6. The van der Waals surface area contributed by atoms with Crippen molar-refractivity contribution in [2.75, 3.05) is 29.9 Å². The van der Waals surface area contributed by atoms with Crippen molar-refractivity contribution in [1.29, 1.82) is 0 Å². The van der Waals surface area contributed by atoms with E-state index in [9.17, 15) is 9.59 Å². The number of benzene rings is 2. The normalized spacial score (nSPS) is 18.2. The van der Waals surface area contributed by atoms with Crippen LogP contribution in [0, 0.1) is 12.8 Å². The lowest BCUT2D eigenvalue weighted by atomic mass is 10.1. The summed E-state index contributed by atoms with van der Waals surface area (Å²) < 4.78 is 0. The lowest BCUT2D eigenvalue weighted by Gasteiger charge is -2.21. The van der Waals surface area contributed by atoms with E-state index in [0.29, 0.717) is 23.7 Å². The van der Waals surface area contributed by atoms with Crippen LogP contribution in [-0.2, 0) is 0 Å². The summed E-state index contributed by atoms with van der Waals surface area (Å²) >= 11 is 6.16. The first-order valence-electron chi connectivity index (χ1n) is 10.4. The number of urea groups is 1. The number of nitrogens with one attached hydrogen (secondary N) is 3. The van der Waals surface area contributed by atoms with Crippen LogP contribution in [0.15, 0.2) is 42.5 Å². The van der Waals surface area contributed by atoms with Crippen molar-refractivity contribution < 1.29 is 9.59 Å². The Balaban J connectivity index is 1.29. The number of halogens is 1. The van der Waals surface area contributed by atoms with Crippen molar-refractivity contribution >= 4 is 34.9 Å². The number of aryl methyl sites for hydroxylation is 1. The Kier molecular flexibility index (Phi) is 6.13. The van der Waals surface area contributed by atoms with E-state index in [1.54, 1.807) is 24.3 Å². The number of amides is 3. The highest BCUT2D eigenvalue weighted by molar-refractivity contribution is 6.30. The highest BCUT2D eigenvalue weighted by Gasteiger charge is 2.25. The van der Waals surface area contributed by atoms with E-state index in [1.165, 1.54) is 11.3 Å². The molecule has 6 nitrogen and oxygen atoms in total. The zero-order chi connectivity index (χ0) is 21.1. The Labute approximate surface area is 182 Å². The van der Waals surface area contributed by atoms with E-state index in [0.717, 1.165) is 37.4 Å². The molecule has 4 rings (SSSR count). The molecule has 2 fully saturated rings. The highest BCUT2D eigenvalue weighted by atomic mass is 35.5. The Hall–Kier alpha value is -2.73. The zero-order valence-corrected chi connectivity index (χ0v) is 17.8. The van der Waals surface area contributed by atoms with Gasteiger partial charge in [0.15, 0.2) is 0 Å². The predicted octanol–water partition coefficient (Wildman–Crippen LogP) is 4.19. The van der Waals surface area contributed by atoms with Gasteiger partial charge in [-0.15, -0.1) is 0 Å². The molecule has 7 heteroatoms. The quantitative estimate of drug-likeness (QED) is 0.648. The van der Waals surface area contributed by atoms with Gasteiger partial charge in [-0.2, -0.15) is 0 Å². The molecule has 1 saturated heterocycles. The van der Waals surface area contributed by atoms with Gasteiger partial charge in [-0.3, -0.25) is 4.79 Å². The van der Waals surface area contributed by atoms with E-state index in [4.69, 9.17) is 11.6 Å². The van der Waals surface area contributed by atoms with Gasteiger partial charge in [-0.1, -0.05) is 23.7 Å². The summed E-state index contributed by atoms with van der Waals surface area (Å²) in [6, 6.07) is 13.1. The molecule has 0 spiro atoms. The van der Waals surface area contributed by atoms with Crippen LogP contribution in [0.4, 0.5) is 16.2 Å². The molecule has 1 atom stereocenters. The van der Waals surface area contributed by atoms with Gasteiger partial charge < -0.3 is 20.9 Å². The summed E-state index contributed by atoms with van der Waals surface area (Å²) in [6.45, 7) is 4.56. The number of carbonyl (C=O) groups excluding carboxylic acids is 2. The highest BCUT2D eigenvalue weighted by Crippen LogP contribution is 2.29. The summed E-state index contributed by atoms with van der Waals surface area (Å²) in [4.78, 5) is 26.8. The molecule has 158 valence electrons. The molecule has 3 N–H and O–H groups in total. The maximum atomic E-state index is 12.6. The largest absolute Gasteiger partial charge is 0.371 e. The maximum Gasteiger partial charge on any atom is 0.319 e. The molecule has 1 aliphatic carbocycles. The second-order valence-electron chi connectivity index (χ2n) is 8.20. The standard InChI is InChI=1S/C23H27ClN4O2/c1-15-5-6-18(24)12-21(15)28-10-9-16(14-28)13-25-22(29)17-3-2-4-20(11-17)27-23(30)26-19-7-8-19/h2-6,11-12,16,19H,7-10,13-14H2,1H3,(H,25,29)(H2,26,27,30). The van der Waals surface area contributed by atoms with Crippen LogP contribution in [0.5, 0.6) is 0 Å². The van der Waals surface area contributed by atoms with Crippen molar-refractivity contribution in [3.05, 3.63) is 58.6 Å². The third kappa shape index (κ3) is 5.25. The van der Waals surface area contributed by atoms with Gasteiger partial charge in [0.25, 0.3) is 5.91 Å². The molecule has 1 unspecified atom stereocenters. The Morgan fingerprint density at radius 3 is 2.77 bits per heavy atom. The lowest BCUT2D eigenvalue weighted by molar-refractivity contribution is 0.0948. The van der Waals surface area contributed by atoms with Crippen molar-refractivity contribution in [3.8, 4) is 0 Å². The molecule has 1 aliphatic heterocycles. The van der Waals surface area contributed by atoms with Crippen LogP contribution < -0.4 is 20.9 Å². The van der Waals surface area contributed by atoms with Crippen LogP contribution in [0.2, 0.25) is 5.02 Å². The number of carbonyl (C=O) groups is 2. The fourth-order valence-corrected chi connectivity index (χ4v) is 3.97. The monoisotopic (exact) mass is 426 g/mol. The van der Waals surface area contributed by atoms with Crippen molar-refractivity contribution in [2.45, 2.75) is 32.2 Å². The average molecular weight is 427 g/mol. The van der Waals surface area contributed by atoms with E-state index in [1.807, 2.05) is 18.2 Å². The summed E-state index contributed by atoms with van der Waals surface area (Å²) in [5.41, 5.74) is 3.53. The first kappa shape index (κ1) is 20.5. The molecule has 2 aromatic rings. The summed E-state index contributed by atoms with van der Waals surface area (Å²) in [7, 11) is 0. The first-order chi connectivity index (χ1) is 14.5. The fourth-order valence-electron chi connectivity index (χ4n) is 3.80. The Bertz CT molecular complexity index is 945. The van der Waals surface area contributed by atoms with Gasteiger partial charge in [-0.05, 0) is 68.0 Å². The Morgan fingerprint density at radius 2 is 1.97 bits per heavy atom. The summed E-state index contributed by atoms with van der Waals surface area (Å²) in [5.74, 6) is 0.261. The van der Waals surface area contributed by atoms with Crippen LogP contribution in [0.1, 0.15) is 35.2 Å². The average Bonchev–Trinajstić information content (AvgIpc) is 3.41. The third-order valence-corrected chi connectivity index (χ3v) is 5.88. The first-order valence-corrected chi connectivity index (χ1v) is 10.8. The molecule has 0 bridgehead atoms. The lowest BCUT2D eigenvalue weighted by Crippen LogP contribution is -2.32. The number of anilines is 2. The van der Waals surface area contributed by atoms with Gasteiger partial charge in [0.05, 0.1) is 0 Å². The molecule has 30 heavy (non-hydrogen) atoms. The topological polar surface area (TPSA) is 73.5 Å². The number of rotatable bonds is 6. The minimum Gasteiger partial charge on any atom is -0.371 e. The summed E-state index contributed by atoms with van der Waals surface area (Å²) in [5, 5.41) is 9.45. The smallest absolute Gasteiger partial charge is 0.319 e. The SMILES string of the molecule is Cc1ccc(Cl)cc1N1CCC(CNC(=O)c2cccc(NC(=O)NC3CC3)c2)C1. The van der Waals surface area contributed by atoms with Crippen molar-refractivity contribution in [2.24, 2.45) is 5.92 Å². The van der Waals surface area contributed by atoms with Crippen LogP contribution in [-0.4, -0.2) is 37.6 Å². The summed E-state index contributed by atoms with van der Waals surface area (Å²) in [6.07, 6.45) is 3.09. The van der Waals surface area contributed by atoms with Gasteiger partial charge >= 0.3 is 6.03 Å². The van der Waals surface area contributed by atoms with Crippen molar-refractivity contribution in [3.63, 3.8) is 0 Å². The molecule has 0 radical (unpaired) electrons. The second kappa shape index (κ2) is 8.96. The number of nitrogens with zero attached hydrogens (tertiary/aromatic N) is 1. The van der Waals surface area contributed by atoms with Crippen LogP contribution in [0.3, 0.4) is 0 Å². The second-order valence-corrected chi connectivity index (χ2v) is 8.63. The molecule has 0 aromatic heterocycles. The fraction of sp³-hybridized carbons (Fsp3) is 0.391. The molecule has 3 amide bonds. The van der Waals surface area contributed by atoms with E-state index >= 15 is 0 Å². The molecule has 1 saturated carbocycles. The van der Waals surface area contributed by atoms with Gasteiger partial charge in [0, 0.05) is 47.6 Å². The predicted molar refractivity (Wildman–Crippen MR) is 120 cm³/mol. The van der Waals surface area contributed by atoms with Crippen LogP contribution in [0.25, 0.3) is 0 Å². The van der Waals surface area contributed by atoms with E-state index in [2.05, 4.69) is 27.8 Å². The van der Waals surface area contributed by atoms with E-state index in [-0.39, 0.29) is 18.0 Å². The minimum atomic E-state index is -0.225. The van der Waals surface area contributed by atoms with Gasteiger partial charge in [-0.25, -0.2) is 4.79 Å². The third-order valence-electron chi connectivity index (χ3n) is 5.64. The molecule has 2 aliphatic rings. The zero-order valence-electron chi connectivity index (χ0n) is 17.1. The molecule has 1 heterocycles. The Morgan fingerprint density at radius 1 is 1.13 bits per heavy atom. The number of hydrogen-bond acceptors (Lipinski definition) is 3. The van der Waals surface area contributed by atoms with Crippen LogP contribution >= 0.6 is 11.6 Å². The van der Waals surface area contributed by atoms with Crippen molar-refractivity contribution in [1.82, 2.24) is 10.6 Å². The van der Waals surface area contributed by atoms with E-state index < -0.39 is 0 Å². The van der Waals surface area contributed by atoms with Gasteiger partial charge in [0.2, 0.25) is 0 Å². The molecular formula is C23H27ClN4O2. The minimum absolute atomic E-state index is 0.126. The molecular weight excluding hydrogens is 400 g/mol. The number of hydrogen-bond donors (Lipinski definition) is 3.